The number of alkyl halides is 2. The van der Waals surface area contributed by atoms with E-state index in [1.54, 1.807) is 0 Å². The van der Waals surface area contributed by atoms with Gasteiger partial charge in [0.2, 0.25) is 11.9 Å². The van der Waals surface area contributed by atoms with Crippen LogP contribution in [0.2, 0.25) is 0 Å². The number of carbonyl (C=O) groups excluding carboxylic acids is 1. The Labute approximate surface area is 169 Å². The number of nitrogens with one attached hydrogen (secondary N) is 1. The Kier molecular flexibility index (Phi) is 5.52. The fourth-order valence-corrected chi connectivity index (χ4v) is 4.49. The molecule has 0 unspecified atom stereocenters. The highest BCUT2D eigenvalue weighted by molar-refractivity contribution is 5.83. The van der Waals surface area contributed by atoms with Gasteiger partial charge in [-0.3, -0.25) is 4.79 Å². The molecule has 2 aliphatic rings. The Morgan fingerprint density at radius 3 is 2.55 bits per heavy atom. The van der Waals surface area contributed by atoms with Crippen LogP contribution in [0, 0.1) is 12.8 Å². The summed E-state index contributed by atoms with van der Waals surface area (Å²) in [5.74, 6) is 0.606. The number of halogens is 2. The summed E-state index contributed by atoms with van der Waals surface area (Å²) in [5.41, 5.74) is 2.20. The second kappa shape index (κ2) is 8.08. The molecule has 1 N–H and O–H groups in total. The number of anilines is 1. The number of piperidine rings is 1. The van der Waals surface area contributed by atoms with Gasteiger partial charge in [0, 0.05) is 19.1 Å². The second-order valence-corrected chi connectivity index (χ2v) is 8.21. The van der Waals surface area contributed by atoms with E-state index in [0.717, 1.165) is 18.4 Å². The average molecular weight is 403 g/mol. The van der Waals surface area contributed by atoms with Gasteiger partial charge in [-0.25, -0.2) is 13.5 Å². The zero-order valence-electron chi connectivity index (χ0n) is 16.8. The Hall–Kier alpha value is -2.51. The number of hydrogen-bond donors (Lipinski definition) is 1. The smallest absolute Gasteiger partial charge is 0.260 e. The zero-order chi connectivity index (χ0) is 20.5. The number of aromatic nitrogens is 3. The van der Waals surface area contributed by atoms with Gasteiger partial charge in [0.05, 0.1) is 5.92 Å². The summed E-state index contributed by atoms with van der Waals surface area (Å²) in [6.45, 7) is 5.29. The minimum Gasteiger partial charge on any atom is -0.351 e. The van der Waals surface area contributed by atoms with Gasteiger partial charge in [0.15, 0.2) is 0 Å². The summed E-state index contributed by atoms with van der Waals surface area (Å²) in [6.07, 6.45) is 0.764. The lowest BCUT2D eigenvalue weighted by atomic mass is 9.84. The Balaban J connectivity index is 1.37. The molecule has 156 valence electrons. The van der Waals surface area contributed by atoms with Gasteiger partial charge in [-0.05, 0) is 44.6 Å². The van der Waals surface area contributed by atoms with Gasteiger partial charge >= 0.3 is 0 Å². The lowest BCUT2D eigenvalue weighted by Gasteiger charge is -2.40. The molecule has 2 aliphatic heterocycles. The number of nitrogens with zero attached hydrogens (tertiary/aromatic N) is 4. The van der Waals surface area contributed by atoms with Crippen LogP contribution in [0.5, 0.6) is 0 Å². The molecule has 1 aromatic carbocycles. The Bertz CT molecular complexity index is 845. The molecule has 3 atom stereocenters. The summed E-state index contributed by atoms with van der Waals surface area (Å²) in [5, 5.41) is 7.22. The quantitative estimate of drug-likeness (QED) is 0.847. The first-order valence-corrected chi connectivity index (χ1v) is 10.2. The van der Waals surface area contributed by atoms with Crippen LogP contribution < -0.4 is 5.32 Å². The predicted molar refractivity (Wildman–Crippen MR) is 106 cm³/mol. The van der Waals surface area contributed by atoms with Crippen LogP contribution in [0.3, 0.4) is 0 Å². The van der Waals surface area contributed by atoms with Crippen molar-refractivity contribution in [2.45, 2.75) is 57.5 Å². The van der Waals surface area contributed by atoms with Crippen molar-refractivity contribution in [2.75, 3.05) is 18.4 Å². The summed E-state index contributed by atoms with van der Waals surface area (Å²) < 4.78 is 28.3. The molecule has 1 amide bonds. The van der Waals surface area contributed by atoms with Crippen molar-refractivity contribution in [1.29, 1.82) is 0 Å². The van der Waals surface area contributed by atoms with Crippen LogP contribution in [0.15, 0.2) is 30.6 Å². The molecule has 29 heavy (non-hydrogen) atoms. The van der Waals surface area contributed by atoms with Crippen LogP contribution in [-0.4, -0.2) is 51.1 Å². The van der Waals surface area contributed by atoms with E-state index in [1.165, 1.54) is 16.6 Å². The molecule has 0 bridgehead atoms. The normalized spacial score (nSPS) is 23.6. The van der Waals surface area contributed by atoms with Gasteiger partial charge in [-0.2, -0.15) is 10.1 Å². The first kappa shape index (κ1) is 19.8. The first-order valence-electron chi connectivity index (χ1n) is 10.2. The second-order valence-electron chi connectivity index (χ2n) is 8.21. The maximum atomic E-state index is 13.5. The number of likely N-dealkylation sites (tertiary alicyclic amines) is 1. The van der Waals surface area contributed by atoms with Crippen LogP contribution >= 0.6 is 0 Å². The Morgan fingerprint density at radius 2 is 1.90 bits per heavy atom. The van der Waals surface area contributed by atoms with E-state index in [0.29, 0.717) is 25.5 Å². The van der Waals surface area contributed by atoms with Gasteiger partial charge in [0.25, 0.3) is 6.43 Å². The van der Waals surface area contributed by atoms with Gasteiger partial charge < -0.3 is 10.2 Å². The van der Waals surface area contributed by atoms with Crippen LogP contribution in [0.25, 0.3) is 0 Å². The van der Waals surface area contributed by atoms with Crippen LogP contribution in [-0.2, 0) is 4.79 Å². The topological polar surface area (TPSA) is 63.1 Å². The molecule has 6 nitrogen and oxygen atoms in total. The fraction of sp³-hybridized carbons (Fsp3) is 0.571. The third-order valence-corrected chi connectivity index (χ3v) is 6.36. The van der Waals surface area contributed by atoms with Crippen molar-refractivity contribution >= 4 is 11.9 Å². The van der Waals surface area contributed by atoms with E-state index in [4.69, 9.17) is 0 Å². The number of carbonyl (C=O) groups is 1. The molecule has 0 saturated carbocycles. The number of fused-ring (bicyclic) bond motifs is 1. The van der Waals surface area contributed by atoms with Crippen molar-refractivity contribution in [2.24, 2.45) is 5.92 Å². The van der Waals surface area contributed by atoms with E-state index >= 15 is 0 Å². The molecule has 0 radical (unpaired) electrons. The summed E-state index contributed by atoms with van der Waals surface area (Å²) in [4.78, 5) is 18.9. The zero-order valence-corrected chi connectivity index (χ0v) is 16.8. The molecule has 1 aromatic heterocycles. The highest BCUT2D eigenvalue weighted by Gasteiger charge is 2.38. The molecule has 4 rings (SSSR count). The highest BCUT2D eigenvalue weighted by Crippen LogP contribution is 2.35. The molecule has 0 spiro atoms. The lowest BCUT2D eigenvalue weighted by Crippen LogP contribution is -2.47. The number of rotatable bonds is 4. The largest absolute Gasteiger partial charge is 0.351 e. The lowest BCUT2D eigenvalue weighted by molar-refractivity contribution is -0.133. The van der Waals surface area contributed by atoms with Crippen molar-refractivity contribution in [3.63, 3.8) is 0 Å². The number of amides is 1. The van der Waals surface area contributed by atoms with Crippen molar-refractivity contribution in [3.8, 4) is 0 Å². The number of aryl methyl sites for hydroxylation is 1. The van der Waals surface area contributed by atoms with Crippen LogP contribution in [0.4, 0.5) is 14.7 Å². The maximum absolute atomic E-state index is 13.5. The van der Waals surface area contributed by atoms with Crippen LogP contribution in [0.1, 0.15) is 49.3 Å². The van der Waals surface area contributed by atoms with E-state index in [1.807, 2.05) is 43.0 Å². The van der Waals surface area contributed by atoms with E-state index in [2.05, 4.69) is 15.4 Å². The molecule has 3 heterocycles. The standard InChI is InChI=1S/C21H27F2N5O/c1-13-3-5-15(6-4-13)14(2)20(29)27-9-7-16(8-10-27)17-11-18(19(22)23)28-21(26-17)24-12-25-28/h3-6,12,14,16-19H,7-11H2,1-2H3,(H,24,25,26)/t14-,17+,18-/m1/s1. The molecular formula is C21H27F2N5O. The Morgan fingerprint density at radius 1 is 1.21 bits per heavy atom. The molecule has 0 aliphatic carbocycles. The number of hydrogen-bond acceptors (Lipinski definition) is 4. The molecule has 2 aromatic rings. The minimum atomic E-state index is -2.47. The van der Waals surface area contributed by atoms with Gasteiger partial charge in [0.1, 0.15) is 12.4 Å². The van der Waals surface area contributed by atoms with Gasteiger partial charge in [-0.1, -0.05) is 29.8 Å². The summed E-state index contributed by atoms with van der Waals surface area (Å²) in [7, 11) is 0. The molecule has 1 fully saturated rings. The predicted octanol–water partition coefficient (Wildman–Crippen LogP) is 3.62. The first-order chi connectivity index (χ1) is 13.9. The van der Waals surface area contributed by atoms with E-state index < -0.39 is 12.5 Å². The third-order valence-electron chi connectivity index (χ3n) is 6.36. The summed E-state index contributed by atoms with van der Waals surface area (Å²) >= 11 is 0. The SMILES string of the molecule is Cc1ccc([C@@H](C)C(=O)N2CCC([C@@H]3C[C@H](C(F)F)n4ncnc4N3)CC2)cc1. The molecule has 8 heteroatoms. The fourth-order valence-electron chi connectivity index (χ4n) is 4.49. The van der Waals surface area contributed by atoms with E-state index in [9.17, 15) is 13.6 Å². The number of benzene rings is 1. The molecular weight excluding hydrogens is 376 g/mol. The van der Waals surface area contributed by atoms with E-state index in [-0.39, 0.29) is 23.8 Å². The highest BCUT2D eigenvalue weighted by atomic mass is 19.3. The third kappa shape index (κ3) is 3.97. The van der Waals surface area contributed by atoms with Crippen molar-refractivity contribution in [1.82, 2.24) is 19.7 Å². The maximum Gasteiger partial charge on any atom is 0.260 e. The van der Waals surface area contributed by atoms with Crippen molar-refractivity contribution < 1.29 is 13.6 Å². The molecule has 1 saturated heterocycles. The minimum absolute atomic E-state index is 0.0718. The average Bonchev–Trinajstić information content (AvgIpc) is 3.21. The monoisotopic (exact) mass is 403 g/mol. The summed E-state index contributed by atoms with van der Waals surface area (Å²) in [6, 6.07) is 7.06. The van der Waals surface area contributed by atoms with Crippen molar-refractivity contribution in [3.05, 3.63) is 41.7 Å². The van der Waals surface area contributed by atoms with Gasteiger partial charge in [-0.15, -0.1) is 0 Å².